The molecule has 0 saturated carbocycles. The van der Waals surface area contributed by atoms with Gasteiger partial charge in [-0.15, -0.1) is 0 Å². The quantitative estimate of drug-likeness (QED) is 0.208. The third kappa shape index (κ3) is 19.4. The van der Waals surface area contributed by atoms with Crippen LogP contribution in [0.2, 0.25) is 0 Å². The molecule has 0 unspecified atom stereocenters. The molecule has 0 saturated heterocycles. The van der Waals surface area contributed by atoms with Crippen LogP contribution in [0.5, 0.6) is 0 Å². The maximum absolute atomic E-state index is 11.6. The van der Waals surface area contributed by atoms with E-state index < -0.39 is 0 Å². The summed E-state index contributed by atoms with van der Waals surface area (Å²) in [6.45, 7) is 5.69. The number of nitrogens with one attached hydrogen (secondary N) is 2. The molecular weight excluding hydrogens is 364 g/mol. The van der Waals surface area contributed by atoms with Crippen LogP contribution in [0.25, 0.3) is 0 Å². The van der Waals surface area contributed by atoms with Gasteiger partial charge < -0.3 is 10.6 Å². The van der Waals surface area contributed by atoms with Crippen LogP contribution in [0, 0.1) is 0 Å². The van der Waals surface area contributed by atoms with Crippen molar-refractivity contribution in [2.24, 2.45) is 0 Å². The summed E-state index contributed by atoms with van der Waals surface area (Å²) in [4.78, 5) is 23.1. The summed E-state index contributed by atoms with van der Waals surface area (Å²) >= 11 is 0. The van der Waals surface area contributed by atoms with Crippen molar-refractivity contribution in [2.75, 3.05) is 24.6 Å². The number of allylic oxidation sites excluding steroid dienone is 2. The lowest BCUT2D eigenvalue weighted by Crippen LogP contribution is -2.24. The van der Waals surface area contributed by atoms with E-state index in [-0.39, 0.29) is 11.8 Å². The first-order valence-corrected chi connectivity index (χ1v) is 12.3. The lowest BCUT2D eigenvalue weighted by Gasteiger charge is -2.03. The first kappa shape index (κ1) is 25.1. The Morgan fingerprint density at radius 1 is 0.731 bits per heavy atom. The van der Waals surface area contributed by atoms with E-state index in [1.54, 1.807) is 33.7 Å². The van der Waals surface area contributed by atoms with E-state index in [4.69, 9.17) is 0 Å². The minimum absolute atomic E-state index is 0.00918. The van der Waals surface area contributed by atoms with E-state index in [1.165, 1.54) is 25.7 Å². The Hall–Kier alpha value is -0.880. The van der Waals surface area contributed by atoms with Crippen molar-refractivity contribution in [3.05, 3.63) is 24.3 Å². The van der Waals surface area contributed by atoms with E-state index in [0.29, 0.717) is 13.1 Å². The smallest absolute Gasteiger partial charge is 0.243 e. The van der Waals surface area contributed by atoms with Crippen LogP contribution in [0.4, 0.5) is 0 Å². The largest absolute Gasteiger partial charge is 0.352 e. The maximum atomic E-state index is 11.6. The fourth-order valence-electron chi connectivity index (χ4n) is 2.07. The molecule has 0 aromatic carbocycles. The summed E-state index contributed by atoms with van der Waals surface area (Å²) < 4.78 is 0. The first-order chi connectivity index (χ1) is 12.7. The van der Waals surface area contributed by atoms with Crippen LogP contribution in [-0.2, 0) is 9.59 Å². The Morgan fingerprint density at radius 3 is 1.54 bits per heavy atom. The third-order valence-electron chi connectivity index (χ3n) is 3.54. The van der Waals surface area contributed by atoms with Gasteiger partial charge in [0.15, 0.2) is 0 Å². The molecule has 4 nitrogen and oxygen atoms in total. The van der Waals surface area contributed by atoms with Gasteiger partial charge in [-0.3, -0.25) is 9.59 Å². The molecule has 2 amide bonds. The zero-order chi connectivity index (χ0) is 19.3. The summed E-state index contributed by atoms with van der Waals surface area (Å²) in [5.74, 6) is 1.71. The van der Waals surface area contributed by atoms with E-state index in [9.17, 15) is 9.59 Å². The molecule has 0 spiro atoms. The minimum atomic E-state index is -0.00918. The fraction of sp³-hybridized carbons (Fsp3) is 0.700. The van der Waals surface area contributed by atoms with Gasteiger partial charge in [0, 0.05) is 24.6 Å². The lowest BCUT2D eigenvalue weighted by molar-refractivity contribution is -0.117. The molecule has 0 radical (unpaired) electrons. The second-order valence-electron chi connectivity index (χ2n) is 6.02. The fourth-order valence-corrected chi connectivity index (χ4v) is 3.89. The molecular formula is C20H36N2O2S2. The summed E-state index contributed by atoms with van der Waals surface area (Å²) in [6.07, 6.45) is 16.3. The highest BCUT2D eigenvalue weighted by Gasteiger charge is 1.97. The van der Waals surface area contributed by atoms with Crippen LogP contribution >= 0.6 is 21.6 Å². The Balaban J connectivity index is 3.39. The Kier molecular flexibility index (Phi) is 19.7. The van der Waals surface area contributed by atoms with Crippen LogP contribution in [0.1, 0.15) is 65.2 Å². The van der Waals surface area contributed by atoms with Gasteiger partial charge in [-0.25, -0.2) is 0 Å². The average molecular weight is 401 g/mol. The van der Waals surface area contributed by atoms with Crippen molar-refractivity contribution in [3.8, 4) is 0 Å². The molecule has 0 aliphatic heterocycles. The molecule has 6 heteroatoms. The van der Waals surface area contributed by atoms with Crippen molar-refractivity contribution >= 4 is 33.4 Å². The van der Waals surface area contributed by atoms with E-state index in [2.05, 4.69) is 24.5 Å². The highest BCUT2D eigenvalue weighted by Crippen LogP contribution is 2.19. The molecule has 0 bridgehead atoms. The van der Waals surface area contributed by atoms with Gasteiger partial charge >= 0.3 is 0 Å². The molecule has 0 heterocycles. The van der Waals surface area contributed by atoms with Gasteiger partial charge in [0.25, 0.3) is 0 Å². The molecule has 0 aliphatic carbocycles. The van der Waals surface area contributed by atoms with Crippen molar-refractivity contribution in [2.45, 2.75) is 65.2 Å². The minimum Gasteiger partial charge on any atom is -0.352 e. The highest BCUT2D eigenvalue weighted by atomic mass is 33.1. The van der Waals surface area contributed by atoms with Gasteiger partial charge in [-0.1, -0.05) is 73.3 Å². The Bertz CT molecular complexity index is 375. The van der Waals surface area contributed by atoms with E-state index in [0.717, 1.165) is 37.2 Å². The Labute approximate surface area is 167 Å². The highest BCUT2D eigenvalue weighted by molar-refractivity contribution is 8.76. The van der Waals surface area contributed by atoms with Crippen molar-refractivity contribution in [1.82, 2.24) is 10.6 Å². The number of amides is 2. The van der Waals surface area contributed by atoms with Crippen LogP contribution in [-0.4, -0.2) is 36.4 Å². The average Bonchev–Trinajstić information content (AvgIpc) is 2.63. The molecule has 150 valence electrons. The van der Waals surface area contributed by atoms with Gasteiger partial charge in [0.1, 0.15) is 0 Å². The molecule has 0 atom stereocenters. The van der Waals surface area contributed by atoms with Crippen LogP contribution in [0.15, 0.2) is 24.3 Å². The SMILES string of the molecule is CCCCCC=CC(=O)NCCSSCCNC(=O)C=CCCCCC. The van der Waals surface area contributed by atoms with Crippen molar-refractivity contribution < 1.29 is 9.59 Å². The van der Waals surface area contributed by atoms with Gasteiger partial charge in [0.2, 0.25) is 11.8 Å². The monoisotopic (exact) mass is 400 g/mol. The summed E-state index contributed by atoms with van der Waals surface area (Å²) in [7, 11) is 3.43. The molecule has 0 rings (SSSR count). The normalized spacial score (nSPS) is 11.3. The first-order valence-electron chi connectivity index (χ1n) is 9.83. The number of unbranched alkanes of at least 4 members (excludes halogenated alkanes) is 6. The number of rotatable bonds is 17. The number of carbonyl (C=O) groups excluding carboxylic acids is 2. The molecule has 0 fully saturated rings. The maximum Gasteiger partial charge on any atom is 0.243 e. The van der Waals surface area contributed by atoms with Gasteiger partial charge in [-0.05, 0) is 37.8 Å². The van der Waals surface area contributed by atoms with Gasteiger partial charge in [0.05, 0.1) is 0 Å². The van der Waals surface area contributed by atoms with E-state index in [1.807, 2.05) is 12.2 Å². The summed E-state index contributed by atoms with van der Waals surface area (Å²) in [5.41, 5.74) is 0. The van der Waals surface area contributed by atoms with E-state index >= 15 is 0 Å². The molecule has 0 aliphatic rings. The summed E-state index contributed by atoms with van der Waals surface area (Å²) in [6, 6.07) is 0. The topological polar surface area (TPSA) is 58.2 Å². The van der Waals surface area contributed by atoms with Gasteiger partial charge in [-0.2, -0.15) is 0 Å². The molecule has 0 aromatic rings. The Morgan fingerprint density at radius 2 is 1.15 bits per heavy atom. The van der Waals surface area contributed by atoms with Crippen LogP contribution < -0.4 is 10.6 Å². The predicted octanol–water partition coefficient (Wildman–Crippen LogP) is 4.87. The van der Waals surface area contributed by atoms with Crippen molar-refractivity contribution in [3.63, 3.8) is 0 Å². The second kappa shape index (κ2) is 20.4. The molecule has 0 aromatic heterocycles. The third-order valence-corrected chi connectivity index (χ3v) is 5.95. The summed E-state index contributed by atoms with van der Waals surface area (Å²) in [5, 5.41) is 5.76. The standard InChI is InChI=1S/C20H36N2O2S2/c1-3-5-7-9-11-13-19(23)21-15-17-25-26-18-16-22-20(24)14-12-10-8-6-4-2/h11-14H,3-10,15-18H2,1-2H3,(H,21,23)(H,22,24). The van der Waals surface area contributed by atoms with Crippen LogP contribution in [0.3, 0.4) is 0 Å². The second-order valence-corrected chi connectivity index (χ2v) is 8.72. The molecule has 26 heavy (non-hydrogen) atoms. The molecule has 2 N–H and O–H groups in total. The predicted molar refractivity (Wildman–Crippen MR) is 117 cm³/mol. The number of carbonyl (C=O) groups is 2. The zero-order valence-electron chi connectivity index (χ0n) is 16.4. The van der Waals surface area contributed by atoms with Crippen molar-refractivity contribution in [1.29, 1.82) is 0 Å². The zero-order valence-corrected chi connectivity index (χ0v) is 18.1. The lowest BCUT2D eigenvalue weighted by atomic mass is 10.2. The number of hydrogen-bond acceptors (Lipinski definition) is 4. The number of hydrogen-bond donors (Lipinski definition) is 2.